The Labute approximate surface area is 63.2 Å². The first-order valence-corrected chi connectivity index (χ1v) is 3.70. The highest BCUT2D eigenvalue weighted by Gasteiger charge is 2.29. The zero-order chi connectivity index (χ0) is 7.61. The summed E-state index contributed by atoms with van der Waals surface area (Å²) in [5, 5.41) is 0. The molecule has 0 bridgehead atoms. The third kappa shape index (κ3) is 1.96. The number of hydrogen-bond donors (Lipinski definition) is 0. The van der Waals surface area contributed by atoms with E-state index in [4.69, 9.17) is 4.74 Å². The molecular formula is C8H16NO. The van der Waals surface area contributed by atoms with E-state index < -0.39 is 0 Å². The van der Waals surface area contributed by atoms with Crippen molar-refractivity contribution in [2.24, 2.45) is 5.41 Å². The lowest BCUT2D eigenvalue weighted by Crippen LogP contribution is -2.31. The second kappa shape index (κ2) is 2.89. The van der Waals surface area contributed by atoms with E-state index in [2.05, 4.69) is 25.9 Å². The van der Waals surface area contributed by atoms with Crippen molar-refractivity contribution in [3.05, 3.63) is 6.92 Å². The van der Waals surface area contributed by atoms with Crippen molar-refractivity contribution in [1.82, 2.24) is 4.90 Å². The Morgan fingerprint density at radius 1 is 1.60 bits per heavy atom. The maximum absolute atomic E-state index is 5.27. The van der Waals surface area contributed by atoms with E-state index >= 15 is 0 Å². The Hall–Kier alpha value is -0.0800. The van der Waals surface area contributed by atoms with E-state index in [0.717, 1.165) is 26.2 Å². The zero-order valence-corrected chi connectivity index (χ0v) is 6.89. The van der Waals surface area contributed by atoms with Gasteiger partial charge in [0, 0.05) is 18.6 Å². The average molecular weight is 142 g/mol. The third-order valence-corrected chi connectivity index (χ3v) is 1.84. The van der Waals surface area contributed by atoms with E-state index in [9.17, 15) is 0 Å². The maximum atomic E-state index is 5.27. The van der Waals surface area contributed by atoms with Crippen LogP contribution in [-0.4, -0.2) is 38.8 Å². The van der Waals surface area contributed by atoms with Gasteiger partial charge in [0.2, 0.25) is 0 Å². The van der Waals surface area contributed by atoms with Crippen LogP contribution in [0.4, 0.5) is 0 Å². The summed E-state index contributed by atoms with van der Waals surface area (Å²) < 4.78 is 5.27. The molecule has 0 N–H and O–H groups in total. The lowest BCUT2D eigenvalue weighted by atomic mass is 9.90. The number of hydrogen-bond acceptors (Lipinski definition) is 2. The molecule has 0 amide bonds. The van der Waals surface area contributed by atoms with Gasteiger partial charge in [-0.15, -0.1) is 0 Å². The molecule has 0 aromatic heterocycles. The summed E-state index contributed by atoms with van der Waals surface area (Å²) in [6.07, 6.45) is 1.10. The molecule has 1 aliphatic heterocycles. The molecule has 1 atom stereocenters. The van der Waals surface area contributed by atoms with Crippen LogP contribution in [0.2, 0.25) is 0 Å². The summed E-state index contributed by atoms with van der Waals surface area (Å²) in [7, 11) is 4.15. The standard InChI is InChI=1S/C8H16NO/c1-8(6-9(2)3)4-5-10-7-8/h1,4-7H2,2-3H3. The minimum Gasteiger partial charge on any atom is -0.381 e. The molecule has 0 aromatic carbocycles. The summed E-state index contributed by atoms with van der Waals surface area (Å²) >= 11 is 0. The van der Waals surface area contributed by atoms with Crippen LogP contribution >= 0.6 is 0 Å². The van der Waals surface area contributed by atoms with Crippen LogP contribution in [0.1, 0.15) is 6.42 Å². The van der Waals surface area contributed by atoms with Crippen LogP contribution in [0.5, 0.6) is 0 Å². The molecule has 0 aliphatic carbocycles. The first-order chi connectivity index (χ1) is 4.62. The van der Waals surface area contributed by atoms with E-state index in [1.807, 2.05) is 0 Å². The van der Waals surface area contributed by atoms with Gasteiger partial charge < -0.3 is 9.64 Å². The monoisotopic (exact) mass is 142 g/mol. The second-order valence-corrected chi connectivity index (χ2v) is 3.54. The molecule has 59 valence electrons. The molecule has 1 fully saturated rings. The quantitative estimate of drug-likeness (QED) is 0.565. The van der Waals surface area contributed by atoms with Gasteiger partial charge in [-0.25, -0.2) is 0 Å². The molecule has 0 aromatic rings. The first-order valence-electron chi connectivity index (χ1n) is 3.70. The van der Waals surface area contributed by atoms with Crippen LogP contribution in [0.15, 0.2) is 0 Å². The minimum atomic E-state index is 0.170. The highest BCUT2D eigenvalue weighted by Crippen LogP contribution is 2.27. The topological polar surface area (TPSA) is 12.5 Å². The molecule has 1 heterocycles. The maximum Gasteiger partial charge on any atom is 0.0535 e. The molecule has 1 saturated heterocycles. The van der Waals surface area contributed by atoms with Crippen molar-refractivity contribution in [1.29, 1.82) is 0 Å². The van der Waals surface area contributed by atoms with E-state index in [-0.39, 0.29) is 5.41 Å². The summed E-state index contributed by atoms with van der Waals surface area (Å²) in [6, 6.07) is 0. The Bertz CT molecular complexity index is 106. The normalized spacial score (nSPS) is 33.6. The van der Waals surface area contributed by atoms with E-state index in [1.54, 1.807) is 0 Å². The summed E-state index contributed by atoms with van der Waals surface area (Å²) in [4.78, 5) is 2.17. The molecule has 2 nitrogen and oxygen atoms in total. The smallest absolute Gasteiger partial charge is 0.0535 e. The van der Waals surface area contributed by atoms with Gasteiger partial charge in [-0.3, -0.25) is 0 Å². The molecule has 1 aliphatic rings. The predicted molar refractivity (Wildman–Crippen MR) is 41.8 cm³/mol. The molecule has 1 rings (SSSR count). The Morgan fingerprint density at radius 3 is 2.70 bits per heavy atom. The summed E-state index contributed by atoms with van der Waals surface area (Å²) in [5.74, 6) is 0. The SMILES string of the molecule is [CH2]C1(CN(C)C)CCOC1. The molecule has 10 heavy (non-hydrogen) atoms. The Kier molecular flexibility index (Phi) is 2.32. The lowest BCUT2D eigenvalue weighted by Gasteiger charge is -2.25. The van der Waals surface area contributed by atoms with Gasteiger partial charge in [-0.1, -0.05) is 0 Å². The third-order valence-electron chi connectivity index (χ3n) is 1.84. The predicted octanol–water partition coefficient (Wildman–Crippen LogP) is 0.789. The van der Waals surface area contributed by atoms with Gasteiger partial charge in [0.15, 0.2) is 0 Å². The van der Waals surface area contributed by atoms with Crippen molar-refractivity contribution in [3.63, 3.8) is 0 Å². The van der Waals surface area contributed by atoms with Gasteiger partial charge >= 0.3 is 0 Å². The fourth-order valence-corrected chi connectivity index (χ4v) is 1.45. The first kappa shape index (κ1) is 8.02. The van der Waals surface area contributed by atoms with Gasteiger partial charge in [0.05, 0.1) is 6.61 Å². The van der Waals surface area contributed by atoms with Crippen molar-refractivity contribution in [2.75, 3.05) is 33.9 Å². The Balaban J connectivity index is 2.36. The largest absolute Gasteiger partial charge is 0.381 e. The highest BCUT2D eigenvalue weighted by atomic mass is 16.5. The number of rotatable bonds is 2. The van der Waals surface area contributed by atoms with Gasteiger partial charge in [-0.2, -0.15) is 0 Å². The molecular weight excluding hydrogens is 126 g/mol. The van der Waals surface area contributed by atoms with E-state index in [1.165, 1.54) is 0 Å². The second-order valence-electron chi connectivity index (χ2n) is 3.54. The van der Waals surface area contributed by atoms with Crippen LogP contribution < -0.4 is 0 Å². The summed E-state index contributed by atoms with van der Waals surface area (Å²) in [5.41, 5.74) is 0.170. The van der Waals surface area contributed by atoms with Crippen LogP contribution in [0, 0.1) is 12.3 Å². The van der Waals surface area contributed by atoms with E-state index in [0.29, 0.717) is 0 Å². The number of ether oxygens (including phenoxy) is 1. The minimum absolute atomic E-state index is 0.170. The molecule has 1 radical (unpaired) electrons. The lowest BCUT2D eigenvalue weighted by molar-refractivity contribution is 0.153. The van der Waals surface area contributed by atoms with Crippen LogP contribution in [-0.2, 0) is 4.74 Å². The van der Waals surface area contributed by atoms with Crippen molar-refractivity contribution in [2.45, 2.75) is 6.42 Å². The Morgan fingerprint density at radius 2 is 2.30 bits per heavy atom. The van der Waals surface area contributed by atoms with Gasteiger partial charge in [0.25, 0.3) is 0 Å². The molecule has 0 spiro atoms. The van der Waals surface area contributed by atoms with Crippen molar-refractivity contribution >= 4 is 0 Å². The number of nitrogens with zero attached hydrogens (tertiary/aromatic N) is 1. The zero-order valence-electron chi connectivity index (χ0n) is 6.89. The van der Waals surface area contributed by atoms with Gasteiger partial charge in [-0.05, 0) is 27.4 Å². The highest BCUT2D eigenvalue weighted by molar-refractivity contribution is 4.87. The van der Waals surface area contributed by atoms with Crippen LogP contribution in [0.3, 0.4) is 0 Å². The fraction of sp³-hybridized carbons (Fsp3) is 0.875. The average Bonchev–Trinajstić information content (AvgIpc) is 2.12. The molecule has 2 heteroatoms. The molecule has 0 saturated carbocycles. The van der Waals surface area contributed by atoms with Crippen molar-refractivity contribution in [3.8, 4) is 0 Å². The fourth-order valence-electron chi connectivity index (χ4n) is 1.45. The molecule has 1 unspecified atom stereocenters. The van der Waals surface area contributed by atoms with Gasteiger partial charge in [0.1, 0.15) is 0 Å². The van der Waals surface area contributed by atoms with Crippen molar-refractivity contribution < 1.29 is 4.74 Å². The van der Waals surface area contributed by atoms with Crippen LogP contribution in [0.25, 0.3) is 0 Å². The summed E-state index contributed by atoms with van der Waals surface area (Å²) in [6.45, 7) is 6.89.